The summed E-state index contributed by atoms with van der Waals surface area (Å²) < 4.78 is 2.16. The zero-order chi connectivity index (χ0) is 22.5. The third kappa shape index (κ3) is 4.67. The van der Waals surface area contributed by atoms with Gasteiger partial charge in [-0.25, -0.2) is 15.0 Å². The first kappa shape index (κ1) is 20.6. The number of fused-ring (bicyclic) bond motifs is 1. The Balaban J connectivity index is 1.57. The highest BCUT2D eigenvalue weighted by atomic mass is 15.2. The molecule has 0 fully saturated rings. The number of hydrogen-bond acceptors (Lipinski definition) is 4. The average molecular weight is 432 g/mol. The van der Waals surface area contributed by atoms with Crippen molar-refractivity contribution in [3.8, 4) is 0 Å². The first-order chi connectivity index (χ1) is 16.3. The molecule has 0 N–H and O–H groups in total. The Hall–Kier alpha value is -4.25. The fourth-order valence-corrected chi connectivity index (χ4v) is 3.94. The van der Waals surface area contributed by atoms with Gasteiger partial charge in [0.05, 0.1) is 6.54 Å². The maximum absolute atomic E-state index is 5.00. The Kier molecular flexibility index (Phi) is 5.93. The van der Waals surface area contributed by atoms with Gasteiger partial charge >= 0.3 is 0 Å². The van der Waals surface area contributed by atoms with Crippen LogP contribution in [0.1, 0.15) is 22.5 Å². The second-order valence-electron chi connectivity index (χ2n) is 8.00. The molecule has 0 amide bonds. The largest absolute Gasteiger partial charge is 0.353 e. The highest BCUT2D eigenvalue weighted by molar-refractivity contribution is 5.86. The SMILES string of the molecule is CN(Cc1ccccc1)c1ncnc2c1nc(/C=C/c1ccccc1)n2Cc1ccccc1. The molecule has 5 nitrogen and oxygen atoms in total. The van der Waals surface area contributed by atoms with E-state index in [2.05, 4.69) is 92.3 Å². The van der Waals surface area contributed by atoms with Crippen LogP contribution in [0.15, 0.2) is 97.3 Å². The zero-order valence-electron chi connectivity index (χ0n) is 18.5. The standard InChI is InChI=1S/C28H25N5/c1-32(19-23-13-7-3-8-14-23)27-26-28(30-21-29-27)33(20-24-15-9-4-10-16-24)25(31-26)18-17-22-11-5-2-6-12-22/h2-18,21H,19-20H2,1H3/b18-17+. The van der Waals surface area contributed by atoms with Crippen molar-refractivity contribution in [3.05, 3.63) is 120 Å². The van der Waals surface area contributed by atoms with Crippen molar-refractivity contribution in [1.82, 2.24) is 19.5 Å². The fourth-order valence-electron chi connectivity index (χ4n) is 3.94. The van der Waals surface area contributed by atoms with E-state index < -0.39 is 0 Å². The minimum absolute atomic E-state index is 0.685. The van der Waals surface area contributed by atoms with Crippen molar-refractivity contribution in [2.45, 2.75) is 13.1 Å². The molecule has 33 heavy (non-hydrogen) atoms. The van der Waals surface area contributed by atoms with Crippen molar-refractivity contribution >= 4 is 29.1 Å². The van der Waals surface area contributed by atoms with E-state index in [-0.39, 0.29) is 0 Å². The van der Waals surface area contributed by atoms with E-state index in [4.69, 9.17) is 4.98 Å². The van der Waals surface area contributed by atoms with Gasteiger partial charge in [0.2, 0.25) is 0 Å². The van der Waals surface area contributed by atoms with Gasteiger partial charge in [-0.2, -0.15) is 0 Å². The summed E-state index contributed by atoms with van der Waals surface area (Å²) in [5.41, 5.74) is 5.18. The molecule has 5 aromatic rings. The molecule has 0 aliphatic carbocycles. The summed E-state index contributed by atoms with van der Waals surface area (Å²) in [6, 6.07) is 31.0. The molecule has 5 rings (SSSR count). The van der Waals surface area contributed by atoms with Crippen LogP contribution in [0.5, 0.6) is 0 Å². The summed E-state index contributed by atoms with van der Waals surface area (Å²) >= 11 is 0. The lowest BCUT2D eigenvalue weighted by Gasteiger charge is -2.18. The second-order valence-corrected chi connectivity index (χ2v) is 8.00. The third-order valence-electron chi connectivity index (χ3n) is 5.57. The number of hydrogen-bond donors (Lipinski definition) is 0. The van der Waals surface area contributed by atoms with E-state index in [0.29, 0.717) is 6.54 Å². The van der Waals surface area contributed by atoms with Crippen molar-refractivity contribution in [3.63, 3.8) is 0 Å². The maximum Gasteiger partial charge on any atom is 0.166 e. The summed E-state index contributed by atoms with van der Waals surface area (Å²) in [6.45, 7) is 1.43. The summed E-state index contributed by atoms with van der Waals surface area (Å²) in [5, 5.41) is 0. The number of anilines is 1. The van der Waals surface area contributed by atoms with Gasteiger partial charge in [-0.05, 0) is 22.8 Å². The topological polar surface area (TPSA) is 46.8 Å². The molecule has 162 valence electrons. The van der Waals surface area contributed by atoms with E-state index >= 15 is 0 Å². The Morgan fingerprint density at radius 3 is 2.09 bits per heavy atom. The van der Waals surface area contributed by atoms with Gasteiger partial charge in [0.15, 0.2) is 17.0 Å². The van der Waals surface area contributed by atoms with Gasteiger partial charge < -0.3 is 9.47 Å². The zero-order valence-corrected chi connectivity index (χ0v) is 18.5. The fraction of sp³-hybridized carbons (Fsp3) is 0.107. The molecule has 0 atom stereocenters. The Labute approximate surface area is 193 Å². The molecule has 5 heteroatoms. The quantitative estimate of drug-likeness (QED) is 0.333. The maximum atomic E-state index is 5.00. The molecule has 0 aliphatic rings. The predicted molar refractivity (Wildman–Crippen MR) is 135 cm³/mol. The van der Waals surface area contributed by atoms with Crippen LogP contribution in [0.4, 0.5) is 5.82 Å². The molecule has 0 radical (unpaired) electrons. The number of benzene rings is 3. The van der Waals surface area contributed by atoms with Gasteiger partial charge in [-0.15, -0.1) is 0 Å². The van der Waals surface area contributed by atoms with Gasteiger partial charge in [0, 0.05) is 13.6 Å². The summed E-state index contributed by atoms with van der Waals surface area (Å²) in [6.07, 6.45) is 5.78. The highest BCUT2D eigenvalue weighted by Gasteiger charge is 2.17. The lowest BCUT2D eigenvalue weighted by atomic mass is 10.2. The Morgan fingerprint density at radius 2 is 1.39 bits per heavy atom. The molecule has 3 aromatic carbocycles. The van der Waals surface area contributed by atoms with E-state index in [1.807, 2.05) is 37.4 Å². The van der Waals surface area contributed by atoms with Crippen molar-refractivity contribution in [2.24, 2.45) is 0 Å². The molecule has 0 aliphatic heterocycles. The minimum Gasteiger partial charge on any atom is -0.353 e. The molecule has 0 saturated carbocycles. The summed E-state index contributed by atoms with van der Waals surface area (Å²) in [5.74, 6) is 1.68. The third-order valence-corrected chi connectivity index (χ3v) is 5.57. The van der Waals surface area contributed by atoms with Crippen LogP contribution in [0.3, 0.4) is 0 Å². The predicted octanol–water partition coefficient (Wildman–Crippen LogP) is 5.68. The Bertz CT molecular complexity index is 1360. The van der Waals surface area contributed by atoms with Crippen LogP contribution in [0.25, 0.3) is 23.3 Å². The number of nitrogens with zero attached hydrogens (tertiary/aromatic N) is 5. The normalized spacial score (nSPS) is 11.3. The van der Waals surface area contributed by atoms with Gasteiger partial charge in [0.1, 0.15) is 12.2 Å². The van der Waals surface area contributed by atoms with E-state index in [1.54, 1.807) is 6.33 Å². The summed E-state index contributed by atoms with van der Waals surface area (Å²) in [4.78, 5) is 16.4. The van der Waals surface area contributed by atoms with Crippen molar-refractivity contribution in [2.75, 3.05) is 11.9 Å². The van der Waals surface area contributed by atoms with Crippen LogP contribution < -0.4 is 4.90 Å². The van der Waals surface area contributed by atoms with Gasteiger partial charge in [0.25, 0.3) is 0 Å². The van der Waals surface area contributed by atoms with E-state index in [1.165, 1.54) is 11.1 Å². The van der Waals surface area contributed by atoms with Crippen LogP contribution in [0.2, 0.25) is 0 Å². The lowest BCUT2D eigenvalue weighted by Crippen LogP contribution is -2.18. The van der Waals surface area contributed by atoms with E-state index in [0.717, 1.165) is 34.9 Å². The van der Waals surface area contributed by atoms with Gasteiger partial charge in [-0.3, -0.25) is 0 Å². The van der Waals surface area contributed by atoms with Crippen LogP contribution >= 0.6 is 0 Å². The Morgan fingerprint density at radius 1 is 0.758 bits per heavy atom. The van der Waals surface area contributed by atoms with Crippen LogP contribution in [-0.4, -0.2) is 26.6 Å². The molecule has 2 aromatic heterocycles. The number of imidazole rings is 1. The van der Waals surface area contributed by atoms with Crippen LogP contribution in [0, 0.1) is 0 Å². The molecule has 0 unspecified atom stereocenters. The molecular formula is C28H25N5. The molecule has 2 heterocycles. The average Bonchev–Trinajstić information content (AvgIpc) is 3.22. The smallest absolute Gasteiger partial charge is 0.166 e. The monoisotopic (exact) mass is 431 g/mol. The minimum atomic E-state index is 0.685. The molecular weight excluding hydrogens is 406 g/mol. The van der Waals surface area contributed by atoms with E-state index in [9.17, 15) is 0 Å². The molecule has 0 saturated heterocycles. The number of aromatic nitrogens is 4. The highest BCUT2D eigenvalue weighted by Crippen LogP contribution is 2.25. The number of rotatable bonds is 7. The molecule has 0 bridgehead atoms. The first-order valence-electron chi connectivity index (χ1n) is 11.0. The molecule has 0 spiro atoms. The van der Waals surface area contributed by atoms with Crippen molar-refractivity contribution < 1.29 is 0 Å². The van der Waals surface area contributed by atoms with Crippen molar-refractivity contribution in [1.29, 1.82) is 0 Å². The summed E-state index contributed by atoms with van der Waals surface area (Å²) in [7, 11) is 2.05. The first-order valence-corrected chi connectivity index (χ1v) is 11.0. The van der Waals surface area contributed by atoms with Crippen LogP contribution in [-0.2, 0) is 13.1 Å². The van der Waals surface area contributed by atoms with Gasteiger partial charge in [-0.1, -0.05) is 97.1 Å². The lowest BCUT2D eigenvalue weighted by molar-refractivity contribution is 0.802. The second kappa shape index (κ2) is 9.49.